The zero-order valence-corrected chi connectivity index (χ0v) is 33.3. The molecule has 0 spiro atoms. The average molecular weight is 767 g/mol. The Morgan fingerprint density at radius 1 is 0.350 bits per heavy atom. The minimum atomic E-state index is -0.191. The smallest absolute Gasteiger partial charge is 0.164 e. The van der Waals surface area contributed by atoms with Crippen LogP contribution in [0.1, 0.15) is 25.0 Å². The maximum atomic E-state index is 5.13. The molecule has 0 bridgehead atoms. The van der Waals surface area contributed by atoms with Crippen LogP contribution < -0.4 is 0 Å². The molecule has 4 nitrogen and oxygen atoms in total. The van der Waals surface area contributed by atoms with Gasteiger partial charge in [-0.3, -0.25) is 0 Å². The van der Waals surface area contributed by atoms with E-state index in [0.717, 1.165) is 33.2 Å². The summed E-state index contributed by atoms with van der Waals surface area (Å²) in [5.41, 5.74) is 14.0. The fourth-order valence-electron chi connectivity index (χ4n) is 9.61. The van der Waals surface area contributed by atoms with E-state index < -0.39 is 0 Å². The molecule has 11 aromatic rings. The number of fused-ring (bicyclic) bond motifs is 8. The molecule has 9 aromatic carbocycles. The topological polar surface area (TPSA) is 43.6 Å². The summed E-state index contributed by atoms with van der Waals surface area (Å²) in [5, 5.41) is 7.23. The first-order valence-electron chi connectivity index (χ1n) is 20.6. The molecule has 0 radical (unpaired) electrons. The summed E-state index contributed by atoms with van der Waals surface area (Å²) in [7, 11) is 0. The molecular weight excluding hydrogens is 729 g/mol. The first-order valence-corrected chi connectivity index (χ1v) is 20.6. The van der Waals surface area contributed by atoms with Crippen LogP contribution in [0.4, 0.5) is 0 Å². The van der Waals surface area contributed by atoms with Crippen molar-refractivity contribution in [3.05, 3.63) is 205 Å². The Morgan fingerprint density at radius 3 is 1.62 bits per heavy atom. The fourth-order valence-corrected chi connectivity index (χ4v) is 9.61. The lowest BCUT2D eigenvalue weighted by atomic mass is 9.81. The van der Waals surface area contributed by atoms with Crippen LogP contribution in [0.3, 0.4) is 0 Å². The van der Waals surface area contributed by atoms with Crippen LogP contribution in [0.25, 0.3) is 105 Å². The van der Waals surface area contributed by atoms with Crippen molar-refractivity contribution >= 4 is 43.4 Å². The highest BCUT2D eigenvalue weighted by molar-refractivity contribution is 6.14. The van der Waals surface area contributed by atoms with E-state index in [9.17, 15) is 0 Å². The van der Waals surface area contributed by atoms with E-state index >= 15 is 0 Å². The summed E-state index contributed by atoms with van der Waals surface area (Å²) in [4.78, 5) is 15.2. The predicted molar refractivity (Wildman–Crippen MR) is 248 cm³/mol. The quantitative estimate of drug-likeness (QED) is 0.175. The molecule has 12 rings (SSSR count). The number of benzene rings is 9. The molecule has 4 heteroatoms. The molecule has 0 saturated carbocycles. The third kappa shape index (κ3) is 5.27. The molecule has 0 atom stereocenters. The number of aromatic nitrogens is 4. The van der Waals surface area contributed by atoms with Gasteiger partial charge in [0.15, 0.2) is 17.5 Å². The van der Waals surface area contributed by atoms with Crippen molar-refractivity contribution in [1.82, 2.24) is 19.5 Å². The Bertz CT molecular complexity index is 3440. The highest BCUT2D eigenvalue weighted by atomic mass is 15.0. The maximum Gasteiger partial charge on any atom is 0.164 e. The van der Waals surface area contributed by atoms with Gasteiger partial charge >= 0.3 is 0 Å². The largest absolute Gasteiger partial charge is 0.309 e. The van der Waals surface area contributed by atoms with Gasteiger partial charge in [0.05, 0.1) is 16.7 Å². The van der Waals surface area contributed by atoms with Gasteiger partial charge in [-0.1, -0.05) is 159 Å². The van der Waals surface area contributed by atoms with Gasteiger partial charge in [-0.05, 0) is 98.1 Å². The van der Waals surface area contributed by atoms with Crippen molar-refractivity contribution in [2.24, 2.45) is 0 Å². The highest BCUT2D eigenvalue weighted by Crippen LogP contribution is 2.52. The van der Waals surface area contributed by atoms with E-state index in [1.54, 1.807) is 0 Å². The molecule has 2 heterocycles. The van der Waals surface area contributed by atoms with Crippen LogP contribution in [-0.2, 0) is 5.41 Å². The minimum absolute atomic E-state index is 0.191. The van der Waals surface area contributed by atoms with Gasteiger partial charge in [0, 0.05) is 38.3 Å². The van der Waals surface area contributed by atoms with Crippen molar-refractivity contribution in [3.8, 4) is 62.1 Å². The van der Waals surface area contributed by atoms with E-state index in [1.165, 1.54) is 66.0 Å². The maximum absolute atomic E-state index is 5.13. The summed E-state index contributed by atoms with van der Waals surface area (Å²) in [5.74, 6) is 1.95. The number of hydrogen-bond donors (Lipinski definition) is 0. The lowest BCUT2D eigenvalue weighted by molar-refractivity contribution is 0.662. The summed E-state index contributed by atoms with van der Waals surface area (Å²) in [6, 6.07) is 69.6. The first-order chi connectivity index (χ1) is 29.5. The third-order valence-electron chi connectivity index (χ3n) is 12.6. The number of nitrogens with zero attached hydrogens (tertiary/aromatic N) is 4. The van der Waals surface area contributed by atoms with Crippen molar-refractivity contribution in [1.29, 1.82) is 0 Å². The second-order valence-corrected chi connectivity index (χ2v) is 16.4. The van der Waals surface area contributed by atoms with Crippen LogP contribution in [0.5, 0.6) is 0 Å². The van der Waals surface area contributed by atoms with Gasteiger partial charge in [-0.25, -0.2) is 15.0 Å². The summed E-state index contributed by atoms with van der Waals surface area (Å²) >= 11 is 0. The summed E-state index contributed by atoms with van der Waals surface area (Å²) in [6.07, 6.45) is 0. The molecule has 0 amide bonds. The van der Waals surface area contributed by atoms with Crippen molar-refractivity contribution in [2.45, 2.75) is 19.3 Å². The summed E-state index contributed by atoms with van der Waals surface area (Å²) in [6.45, 7) is 4.76. The zero-order chi connectivity index (χ0) is 40.0. The number of para-hydroxylation sites is 1. The van der Waals surface area contributed by atoms with Crippen molar-refractivity contribution in [2.75, 3.05) is 0 Å². The van der Waals surface area contributed by atoms with E-state index in [0.29, 0.717) is 17.5 Å². The van der Waals surface area contributed by atoms with Gasteiger partial charge in [0.25, 0.3) is 0 Å². The molecular formula is C56H38N4. The van der Waals surface area contributed by atoms with Gasteiger partial charge in [0.1, 0.15) is 0 Å². The molecule has 0 fully saturated rings. The Labute approximate surface area is 348 Å². The predicted octanol–water partition coefficient (Wildman–Crippen LogP) is 14.2. The fraction of sp³-hybridized carbons (Fsp3) is 0.0536. The van der Waals surface area contributed by atoms with Gasteiger partial charge in [0.2, 0.25) is 0 Å². The standard InChI is InChI=1S/C56H38N4/c1-56(2)48-32-39-27-26-38(35-16-6-3-7-17-35)30-40(39)31-45(48)46-33-47-43-24-14-15-25-50(43)60(52(47)34-49(46)56)51-29-28-44(41-22-12-13-23-42(41)51)55-58-53(36-18-8-4-9-19-36)57-54(59-55)37-20-10-5-11-21-37/h3-34H,1-2H3. The lowest BCUT2D eigenvalue weighted by Gasteiger charge is -2.22. The molecule has 0 N–H and O–H groups in total. The van der Waals surface area contributed by atoms with Crippen LogP contribution >= 0.6 is 0 Å². The van der Waals surface area contributed by atoms with Gasteiger partial charge in [-0.15, -0.1) is 0 Å². The zero-order valence-electron chi connectivity index (χ0n) is 33.3. The molecule has 2 aromatic heterocycles. The molecule has 60 heavy (non-hydrogen) atoms. The number of hydrogen-bond acceptors (Lipinski definition) is 3. The molecule has 0 saturated heterocycles. The Balaban J connectivity index is 1.06. The van der Waals surface area contributed by atoms with Crippen molar-refractivity contribution < 1.29 is 0 Å². The molecule has 282 valence electrons. The second kappa shape index (κ2) is 13.2. The summed E-state index contributed by atoms with van der Waals surface area (Å²) < 4.78 is 2.47. The molecule has 0 aliphatic heterocycles. The van der Waals surface area contributed by atoms with E-state index in [1.807, 2.05) is 36.4 Å². The van der Waals surface area contributed by atoms with E-state index in [4.69, 9.17) is 15.0 Å². The molecule has 1 aliphatic rings. The Hall–Kier alpha value is -7.69. The van der Waals surface area contributed by atoms with Gasteiger partial charge < -0.3 is 4.57 Å². The van der Waals surface area contributed by atoms with E-state index in [-0.39, 0.29) is 5.41 Å². The van der Waals surface area contributed by atoms with Crippen LogP contribution in [0.2, 0.25) is 0 Å². The van der Waals surface area contributed by atoms with E-state index in [2.05, 4.69) is 176 Å². The SMILES string of the molecule is CC1(C)c2cc3ccc(-c4ccccc4)cc3cc2-c2cc3c4ccccc4n(-c4ccc(-c5nc(-c6ccccc6)nc(-c6ccccc6)n5)c5ccccc45)c3cc21. The number of rotatable bonds is 5. The Morgan fingerprint density at radius 2 is 0.917 bits per heavy atom. The van der Waals surface area contributed by atoms with Crippen LogP contribution in [0.15, 0.2) is 194 Å². The van der Waals surface area contributed by atoms with Crippen molar-refractivity contribution in [3.63, 3.8) is 0 Å². The second-order valence-electron chi connectivity index (χ2n) is 16.4. The highest BCUT2D eigenvalue weighted by Gasteiger charge is 2.37. The molecule has 1 aliphatic carbocycles. The third-order valence-corrected chi connectivity index (χ3v) is 12.6. The first kappa shape index (κ1) is 34.4. The minimum Gasteiger partial charge on any atom is -0.309 e. The van der Waals surface area contributed by atoms with Crippen LogP contribution in [-0.4, -0.2) is 19.5 Å². The molecule has 0 unspecified atom stereocenters. The lowest BCUT2D eigenvalue weighted by Crippen LogP contribution is -2.15. The van der Waals surface area contributed by atoms with Gasteiger partial charge in [-0.2, -0.15) is 0 Å². The Kier molecular flexibility index (Phi) is 7.54. The van der Waals surface area contributed by atoms with Crippen LogP contribution in [0, 0.1) is 0 Å². The normalized spacial score (nSPS) is 13.0. The monoisotopic (exact) mass is 766 g/mol. The average Bonchev–Trinajstić information content (AvgIpc) is 3.74.